The summed E-state index contributed by atoms with van der Waals surface area (Å²) >= 11 is 0. The van der Waals surface area contributed by atoms with E-state index in [-0.39, 0.29) is 0 Å². The molecule has 0 radical (unpaired) electrons. The van der Waals surface area contributed by atoms with Crippen molar-refractivity contribution < 1.29 is 8.83 Å². The van der Waals surface area contributed by atoms with Gasteiger partial charge in [-0.15, -0.1) is 0 Å². The van der Waals surface area contributed by atoms with Crippen molar-refractivity contribution in [3.8, 4) is 22.3 Å². The Labute approximate surface area is 296 Å². The predicted molar refractivity (Wildman–Crippen MR) is 215 cm³/mol. The first-order valence-corrected chi connectivity index (χ1v) is 19.4. The van der Waals surface area contributed by atoms with Gasteiger partial charge >= 0.3 is 0 Å². The van der Waals surface area contributed by atoms with Gasteiger partial charge in [0.05, 0.1) is 0 Å². The molecule has 2 nitrogen and oxygen atoms in total. The van der Waals surface area contributed by atoms with Crippen LogP contribution in [0.5, 0.6) is 0 Å². The van der Waals surface area contributed by atoms with Gasteiger partial charge in [-0.1, -0.05) is 182 Å². The van der Waals surface area contributed by atoms with Crippen molar-refractivity contribution in [2.75, 3.05) is 0 Å². The molecule has 3 heteroatoms. The molecule has 0 aliphatic heterocycles. The van der Waals surface area contributed by atoms with E-state index in [4.69, 9.17) is 8.83 Å². The molecular formula is C48H32O2Si. The Morgan fingerprint density at radius 2 is 0.627 bits per heavy atom. The zero-order chi connectivity index (χ0) is 33.8. The third-order valence-electron chi connectivity index (χ3n) is 10.5. The van der Waals surface area contributed by atoms with Crippen LogP contribution in [0.25, 0.3) is 66.1 Å². The van der Waals surface area contributed by atoms with Crippen molar-refractivity contribution in [2.24, 2.45) is 0 Å². The lowest BCUT2D eigenvalue weighted by Gasteiger charge is -2.34. The van der Waals surface area contributed by atoms with Crippen molar-refractivity contribution in [1.29, 1.82) is 0 Å². The highest BCUT2D eigenvalue weighted by Crippen LogP contribution is 2.37. The highest BCUT2D eigenvalue weighted by atomic mass is 28.3. The second-order valence-corrected chi connectivity index (χ2v) is 17.0. The Kier molecular flexibility index (Phi) is 6.86. The molecule has 240 valence electrons. The van der Waals surface area contributed by atoms with Gasteiger partial charge < -0.3 is 8.83 Å². The first-order valence-electron chi connectivity index (χ1n) is 17.4. The third kappa shape index (κ3) is 4.63. The molecule has 0 fully saturated rings. The minimum absolute atomic E-state index is 0.913. The Balaban J connectivity index is 1.15. The van der Waals surface area contributed by atoms with Crippen LogP contribution in [0, 0.1) is 0 Å². The monoisotopic (exact) mass is 668 g/mol. The molecule has 2 aromatic heterocycles. The fourth-order valence-electron chi connectivity index (χ4n) is 8.12. The summed E-state index contributed by atoms with van der Waals surface area (Å²) in [6.07, 6.45) is 0. The summed E-state index contributed by atoms with van der Waals surface area (Å²) in [6, 6.07) is 70.2. The van der Waals surface area contributed by atoms with Gasteiger partial charge in [0.2, 0.25) is 0 Å². The van der Waals surface area contributed by atoms with E-state index < -0.39 is 8.07 Å². The molecule has 10 rings (SSSR count). The van der Waals surface area contributed by atoms with E-state index in [1.807, 2.05) is 24.3 Å². The number of hydrogen-bond donors (Lipinski definition) is 0. The predicted octanol–water partition coefficient (Wildman–Crippen LogP) is 10.2. The fourth-order valence-corrected chi connectivity index (χ4v) is 12.8. The van der Waals surface area contributed by atoms with E-state index in [9.17, 15) is 0 Å². The van der Waals surface area contributed by atoms with Gasteiger partial charge in [0, 0.05) is 32.7 Å². The van der Waals surface area contributed by atoms with Crippen molar-refractivity contribution in [2.45, 2.75) is 0 Å². The minimum Gasteiger partial charge on any atom is -0.455 e. The van der Waals surface area contributed by atoms with E-state index in [1.165, 1.54) is 20.7 Å². The minimum atomic E-state index is -2.75. The van der Waals surface area contributed by atoms with Gasteiger partial charge in [0.25, 0.3) is 0 Å². The summed E-state index contributed by atoms with van der Waals surface area (Å²) in [7, 11) is -2.75. The van der Waals surface area contributed by atoms with Crippen LogP contribution in [-0.4, -0.2) is 8.07 Å². The molecule has 51 heavy (non-hydrogen) atoms. The van der Waals surface area contributed by atoms with Crippen molar-refractivity contribution in [1.82, 2.24) is 0 Å². The second kappa shape index (κ2) is 11.9. The Morgan fingerprint density at radius 1 is 0.275 bits per heavy atom. The third-order valence-corrected chi connectivity index (χ3v) is 15.3. The number of hydrogen-bond acceptors (Lipinski definition) is 2. The Hall–Kier alpha value is -6.42. The average Bonchev–Trinajstić information content (AvgIpc) is 3.79. The van der Waals surface area contributed by atoms with Gasteiger partial charge in [-0.3, -0.25) is 0 Å². The van der Waals surface area contributed by atoms with E-state index in [0.717, 1.165) is 66.1 Å². The van der Waals surface area contributed by atoms with Crippen LogP contribution in [0.3, 0.4) is 0 Å². The van der Waals surface area contributed by atoms with E-state index >= 15 is 0 Å². The molecule has 0 unspecified atom stereocenters. The summed E-state index contributed by atoms with van der Waals surface area (Å²) in [4.78, 5) is 0. The number of para-hydroxylation sites is 4. The molecule has 0 saturated carbocycles. The maximum Gasteiger partial charge on any atom is 0.179 e. The van der Waals surface area contributed by atoms with Gasteiger partial charge in [0.15, 0.2) is 8.07 Å². The summed E-state index contributed by atoms with van der Waals surface area (Å²) < 4.78 is 12.9. The molecule has 0 aliphatic rings. The standard InChI is InChI=1S/C48H32O2Si/c1-3-13-35(14-4-1)51(36-15-5-2-6-16-36,37-29-25-33(26-30-37)39-19-11-21-43-41-17-7-9-23-45(41)49-47(39)43)38-31-27-34(28-32-38)40-20-12-22-44-42-18-8-10-24-46(42)50-48(40)44/h1-32H. The first-order chi connectivity index (χ1) is 25.3. The Bertz CT molecular complexity index is 2630. The topological polar surface area (TPSA) is 26.3 Å². The molecule has 0 saturated heterocycles. The van der Waals surface area contributed by atoms with Gasteiger partial charge in [-0.2, -0.15) is 0 Å². The smallest absolute Gasteiger partial charge is 0.179 e. The van der Waals surface area contributed by atoms with Gasteiger partial charge in [0.1, 0.15) is 22.3 Å². The fraction of sp³-hybridized carbons (Fsp3) is 0. The number of furan rings is 2. The molecule has 10 aromatic rings. The van der Waals surface area contributed by atoms with E-state index in [2.05, 4.69) is 170 Å². The molecule has 0 atom stereocenters. The number of rotatable bonds is 6. The lowest BCUT2D eigenvalue weighted by Crippen LogP contribution is -2.74. The maximum atomic E-state index is 6.44. The van der Waals surface area contributed by atoms with Crippen LogP contribution < -0.4 is 20.7 Å². The van der Waals surface area contributed by atoms with E-state index in [0.29, 0.717) is 0 Å². The average molecular weight is 669 g/mol. The summed E-state index contributed by atoms with van der Waals surface area (Å²) in [5.41, 5.74) is 8.17. The number of fused-ring (bicyclic) bond motifs is 6. The van der Waals surface area contributed by atoms with Crippen molar-refractivity contribution in [3.63, 3.8) is 0 Å². The molecule has 8 aromatic carbocycles. The molecule has 0 spiro atoms. The van der Waals surface area contributed by atoms with Crippen LogP contribution >= 0.6 is 0 Å². The maximum absolute atomic E-state index is 6.44. The van der Waals surface area contributed by atoms with E-state index in [1.54, 1.807) is 0 Å². The first kappa shape index (κ1) is 29.5. The molecule has 0 bridgehead atoms. The van der Waals surface area contributed by atoms with Crippen molar-refractivity contribution >= 4 is 72.7 Å². The second-order valence-electron chi connectivity index (χ2n) is 13.2. The summed E-state index contributed by atoms with van der Waals surface area (Å²) in [6.45, 7) is 0. The van der Waals surface area contributed by atoms with Crippen LogP contribution in [0.4, 0.5) is 0 Å². The van der Waals surface area contributed by atoms with Crippen LogP contribution in [-0.2, 0) is 0 Å². The lowest BCUT2D eigenvalue weighted by atomic mass is 10.0. The highest BCUT2D eigenvalue weighted by Gasteiger charge is 2.41. The largest absolute Gasteiger partial charge is 0.455 e. The van der Waals surface area contributed by atoms with Crippen LogP contribution in [0.15, 0.2) is 203 Å². The molecule has 0 N–H and O–H groups in total. The highest BCUT2D eigenvalue weighted by molar-refractivity contribution is 7.19. The lowest BCUT2D eigenvalue weighted by molar-refractivity contribution is 0.669. The SMILES string of the molecule is c1ccc([Si](c2ccccc2)(c2ccc(-c3cccc4c3oc3ccccc34)cc2)c2ccc(-c3cccc4c3oc3ccccc34)cc2)cc1. The molecule has 0 amide bonds. The molecule has 0 aliphatic carbocycles. The summed E-state index contributed by atoms with van der Waals surface area (Å²) in [5, 5.41) is 9.91. The quantitative estimate of drug-likeness (QED) is 0.130. The van der Waals surface area contributed by atoms with Crippen molar-refractivity contribution in [3.05, 3.63) is 194 Å². The Morgan fingerprint density at radius 3 is 1.06 bits per heavy atom. The number of benzene rings is 8. The zero-order valence-corrected chi connectivity index (χ0v) is 28.8. The molecular weight excluding hydrogens is 637 g/mol. The van der Waals surface area contributed by atoms with Crippen LogP contribution in [0.2, 0.25) is 0 Å². The van der Waals surface area contributed by atoms with Gasteiger partial charge in [-0.25, -0.2) is 0 Å². The molecule has 2 heterocycles. The van der Waals surface area contributed by atoms with Gasteiger partial charge in [-0.05, 0) is 44.0 Å². The van der Waals surface area contributed by atoms with Crippen LogP contribution in [0.1, 0.15) is 0 Å². The zero-order valence-electron chi connectivity index (χ0n) is 27.8. The summed E-state index contributed by atoms with van der Waals surface area (Å²) in [5.74, 6) is 0. The normalized spacial score (nSPS) is 11.9.